The summed E-state index contributed by atoms with van der Waals surface area (Å²) in [5, 5.41) is 4.47. The highest BCUT2D eigenvalue weighted by atomic mass is 32.1. The number of hydrogen-bond acceptors (Lipinski definition) is 4. The summed E-state index contributed by atoms with van der Waals surface area (Å²) in [6.45, 7) is 5.88. The number of rotatable bonds is 2. The molecular weight excluding hydrogens is 286 g/mol. The predicted octanol–water partition coefficient (Wildman–Crippen LogP) is 1.60. The number of ether oxygens (including phenoxy) is 1. The summed E-state index contributed by atoms with van der Waals surface area (Å²) in [5.74, 6) is 0. The van der Waals surface area contributed by atoms with Crippen molar-refractivity contribution in [2.24, 2.45) is 7.05 Å². The Balaban J connectivity index is 1.62. The van der Waals surface area contributed by atoms with Crippen LogP contribution in [0.3, 0.4) is 0 Å². The van der Waals surface area contributed by atoms with E-state index in [1.165, 1.54) is 19.4 Å². The molecule has 0 bridgehead atoms. The predicted molar refractivity (Wildman–Crippen MR) is 83.0 cm³/mol. The lowest BCUT2D eigenvalue weighted by Gasteiger charge is -2.35. The van der Waals surface area contributed by atoms with Gasteiger partial charge in [0, 0.05) is 19.6 Å². The van der Waals surface area contributed by atoms with E-state index in [1.807, 2.05) is 18.7 Å². The van der Waals surface area contributed by atoms with Crippen molar-refractivity contribution >= 4 is 23.4 Å². The lowest BCUT2D eigenvalue weighted by Crippen LogP contribution is -2.47. The zero-order chi connectivity index (χ0) is 14.6. The number of hydrogen-bond donors (Lipinski definition) is 1. The van der Waals surface area contributed by atoms with Crippen LogP contribution in [-0.4, -0.2) is 56.1 Å². The van der Waals surface area contributed by atoms with Crippen molar-refractivity contribution in [3.05, 3.63) is 10.5 Å². The Morgan fingerprint density at radius 1 is 1.48 bits per heavy atom. The minimum absolute atomic E-state index is 0.209. The number of nitrogens with one attached hydrogen (secondary N) is 1. The fourth-order valence-corrected chi connectivity index (χ4v) is 4.00. The van der Waals surface area contributed by atoms with E-state index in [-0.39, 0.29) is 6.10 Å². The third kappa shape index (κ3) is 2.15. The first kappa shape index (κ1) is 13.5. The molecule has 2 aliphatic heterocycles. The molecule has 0 aromatic carbocycles. The minimum Gasteiger partial charge on any atom is -0.373 e. The van der Waals surface area contributed by atoms with E-state index in [0.717, 1.165) is 41.3 Å². The largest absolute Gasteiger partial charge is 0.373 e. The molecule has 0 aliphatic carbocycles. The van der Waals surface area contributed by atoms with Crippen molar-refractivity contribution < 1.29 is 4.74 Å². The third-order valence-corrected chi connectivity index (χ3v) is 5.09. The van der Waals surface area contributed by atoms with Crippen molar-refractivity contribution in [3.8, 4) is 0 Å². The van der Waals surface area contributed by atoms with Crippen LogP contribution in [0.1, 0.15) is 18.5 Å². The van der Waals surface area contributed by atoms with Crippen LogP contribution in [0.4, 0.5) is 0 Å². The van der Waals surface area contributed by atoms with E-state index in [1.54, 1.807) is 0 Å². The molecule has 7 heteroatoms. The zero-order valence-corrected chi connectivity index (χ0v) is 13.3. The number of aromatic nitrogens is 4. The second-order valence-electron chi connectivity index (χ2n) is 6.19. The smallest absolute Gasteiger partial charge is 0.179 e. The number of nitrogens with zero attached hydrogens (tertiary/aromatic N) is 4. The average Bonchev–Trinajstić information content (AvgIpc) is 3.10. The van der Waals surface area contributed by atoms with E-state index in [4.69, 9.17) is 17.0 Å². The van der Waals surface area contributed by atoms with Gasteiger partial charge in [-0.3, -0.25) is 14.1 Å². The van der Waals surface area contributed by atoms with Gasteiger partial charge in [-0.25, -0.2) is 0 Å². The van der Waals surface area contributed by atoms with Crippen molar-refractivity contribution in [3.63, 3.8) is 0 Å². The maximum atomic E-state index is 6.06. The zero-order valence-electron chi connectivity index (χ0n) is 12.5. The summed E-state index contributed by atoms with van der Waals surface area (Å²) in [4.78, 5) is 5.84. The fraction of sp³-hybridized carbons (Fsp3) is 0.714. The normalized spacial score (nSPS) is 26.6. The molecule has 2 aliphatic rings. The fourth-order valence-electron chi connectivity index (χ4n) is 3.74. The quantitative estimate of drug-likeness (QED) is 0.856. The molecule has 1 N–H and O–H groups in total. The summed E-state index contributed by atoms with van der Waals surface area (Å²) >= 11 is 5.48. The van der Waals surface area contributed by atoms with Crippen LogP contribution in [0.25, 0.3) is 11.2 Å². The molecule has 2 saturated heterocycles. The number of imidazole rings is 1. The van der Waals surface area contributed by atoms with Gasteiger partial charge in [0.1, 0.15) is 5.52 Å². The Labute approximate surface area is 128 Å². The maximum Gasteiger partial charge on any atom is 0.179 e. The Bertz CT molecular complexity index is 730. The van der Waals surface area contributed by atoms with Crippen molar-refractivity contribution in [2.75, 3.05) is 19.7 Å². The van der Waals surface area contributed by atoms with Gasteiger partial charge in [-0.05, 0) is 38.5 Å². The molecule has 4 rings (SSSR count). The molecule has 114 valence electrons. The van der Waals surface area contributed by atoms with Crippen LogP contribution in [0.5, 0.6) is 0 Å². The molecule has 2 atom stereocenters. The molecule has 0 spiro atoms. The van der Waals surface area contributed by atoms with Gasteiger partial charge in [-0.2, -0.15) is 5.10 Å². The monoisotopic (exact) mass is 307 g/mol. The maximum absolute atomic E-state index is 6.06. The Hall–Kier alpha value is -1.18. The van der Waals surface area contributed by atoms with Gasteiger partial charge in [0.15, 0.2) is 10.4 Å². The van der Waals surface area contributed by atoms with Crippen LogP contribution >= 0.6 is 12.2 Å². The molecule has 4 heterocycles. The number of H-pyrrole nitrogens is 1. The topological polar surface area (TPSA) is 51.0 Å². The molecule has 2 aromatic rings. The SMILES string of the molecule is Cc1nn(C)c2c1[nH]c(=S)n2CC1CN2CCCC2CO1. The highest BCUT2D eigenvalue weighted by molar-refractivity contribution is 7.71. The van der Waals surface area contributed by atoms with Crippen LogP contribution in [0.2, 0.25) is 0 Å². The highest BCUT2D eigenvalue weighted by Crippen LogP contribution is 2.24. The summed E-state index contributed by atoms with van der Waals surface area (Å²) in [7, 11) is 1.96. The highest BCUT2D eigenvalue weighted by Gasteiger charge is 2.32. The summed E-state index contributed by atoms with van der Waals surface area (Å²) < 4.78 is 10.9. The van der Waals surface area contributed by atoms with Gasteiger partial charge >= 0.3 is 0 Å². The van der Waals surface area contributed by atoms with Crippen LogP contribution in [-0.2, 0) is 18.3 Å². The lowest BCUT2D eigenvalue weighted by atomic mass is 10.2. The molecule has 2 fully saturated rings. The van der Waals surface area contributed by atoms with Crippen LogP contribution < -0.4 is 0 Å². The summed E-state index contributed by atoms with van der Waals surface area (Å²) in [6, 6.07) is 0.638. The third-order valence-electron chi connectivity index (χ3n) is 4.77. The molecular formula is C14H21N5OS. The van der Waals surface area contributed by atoms with Gasteiger partial charge in [0.05, 0.1) is 24.9 Å². The minimum atomic E-state index is 0.209. The molecule has 21 heavy (non-hydrogen) atoms. The summed E-state index contributed by atoms with van der Waals surface area (Å²) in [6.07, 6.45) is 2.79. The van der Waals surface area contributed by atoms with Gasteiger partial charge in [0.2, 0.25) is 0 Å². The van der Waals surface area contributed by atoms with Gasteiger partial charge in [0.25, 0.3) is 0 Å². The van der Waals surface area contributed by atoms with E-state index in [0.29, 0.717) is 6.04 Å². The molecule has 0 amide bonds. The van der Waals surface area contributed by atoms with E-state index >= 15 is 0 Å². The number of fused-ring (bicyclic) bond motifs is 2. The van der Waals surface area contributed by atoms with Crippen molar-refractivity contribution in [1.29, 1.82) is 0 Å². The van der Waals surface area contributed by atoms with E-state index in [2.05, 4.69) is 19.5 Å². The van der Waals surface area contributed by atoms with Gasteiger partial charge in [-0.1, -0.05) is 0 Å². The van der Waals surface area contributed by atoms with E-state index in [9.17, 15) is 0 Å². The number of morpholine rings is 1. The number of aryl methyl sites for hydroxylation is 2. The van der Waals surface area contributed by atoms with E-state index < -0.39 is 0 Å². The molecule has 2 aromatic heterocycles. The van der Waals surface area contributed by atoms with Crippen molar-refractivity contribution in [2.45, 2.75) is 38.5 Å². The first-order valence-corrected chi connectivity index (χ1v) is 8.02. The molecule has 0 saturated carbocycles. The van der Waals surface area contributed by atoms with Crippen LogP contribution in [0, 0.1) is 11.7 Å². The Morgan fingerprint density at radius 3 is 3.19 bits per heavy atom. The van der Waals surface area contributed by atoms with Gasteiger partial charge in [-0.15, -0.1) is 0 Å². The van der Waals surface area contributed by atoms with Gasteiger partial charge < -0.3 is 9.72 Å². The lowest BCUT2D eigenvalue weighted by molar-refractivity contribution is -0.0549. The van der Waals surface area contributed by atoms with Crippen molar-refractivity contribution in [1.82, 2.24) is 24.2 Å². The first-order chi connectivity index (χ1) is 10.1. The molecule has 6 nitrogen and oxygen atoms in total. The van der Waals surface area contributed by atoms with Crippen LogP contribution in [0.15, 0.2) is 0 Å². The Morgan fingerprint density at radius 2 is 2.33 bits per heavy atom. The second-order valence-corrected chi connectivity index (χ2v) is 6.58. The summed E-state index contributed by atoms with van der Waals surface area (Å²) in [5.41, 5.74) is 3.09. The number of aromatic amines is 1. The standard InChI is InChI=1S/C14H21N5OS/c1-9-12-13(17(2)16-9)19(14(21)15-12)7-11-6-18-5-3-4-10(18)8-20-11/h10-11H,3-8H2,1-2H3,(H,15,21). The first-order valence-electron chi connectivity index (χ1n) is 7.61. The Kier molecular flexibility index (Phi) is 3.16. The average molecular weight is 307 g/mol. The molecule has 2 unspecified atom stereocenters. The second kappa shape index (κ2) is 4.93. The molecule has 0 radical (unpaired) electrons.